The van der Waals surface area contributed by atoms with Gasteiger partial charge in [0, 0.05) is 11.6 Å². The summed E-state index contributed by atoms with van der Waals surface area (Å²) in [6, 6.07) is 7.79. The lowest BCUT2D eigenvalue weighted by Gasteiger charge is -2.04. The number of benzene rings is 1. The van der Waals surface area contributed by atoms with Gasteiger partial charge in [-0.3, -0.25) is 0 Å². The fourth-order valence-electron chi connectivity index (χ4n) is 1.83. The number of fused-ring (bicyclic) bond motifs is 1. The molecule has 0 aliphatic heterocycles. The molecule has 0 radical (unpaired) electrons. The van der Waals surface area contributed by atoms with Crippen molar-refractivity contribution in [1.29, 1.82) is 5.26 Å². The average Bonchev–Trinajstić information content (AvgIpc) is 2.57. The van der Waals surface area contributed by atoms with E-state index in [-0.39, 0.29) is 0 Å². The topological polar surface area (TPSA) is 41.6 Å². The van der Waals surface area contributed by atoms with Gasteiger partial charge in [-0.2, -0.15) is 5.26 Å². The van der Waals surface area contributed by atoms with E-state index in [1.165, 1.54) is 0 Å². The van der Waals surface area contributed by atoms with Crippen LogP contribution < -0.4 is 0 Å². The Kier molecular flexibility index (Phi) is 3.12. The number of nitriles is 1. The lowest BCUT2D eigenvalue weighted by molar-refractivity contribution is 0.667. The lowest BCUT2D eigenvalue weighted by atomic mass is 10.3. The number of aryl methyl sites for hydroxylation is 1. The van der Waals surface area contributed by atoms with Gasteiger partial charge in [0.1, 0.15) is 5.82 Å². The Hall–Kier alpha value is -1.53. The standard InChI is InChI=1S/C12H12ClN3/c1-2-7-16-11-4-3-9(13)8-10(11)15-12(16)5-6-14/h3-4,8H,2,5,7H2,1H3. The van der Waals surface area contributed by atoms with Crippen molar-refractivity contribution in [3.63, 3.8) is 0 Å². The molecule has 0 bridgehead atoms. The van der Waals surface area contributed by atoms with Crippen LogP contribution in [0.25, 0.3) is 11.0 Å². The fourth-order valence-corrected chi connectivity index (χ4v) is 2.00. The second-order valence-electron chi connectivity index (χ2n) is 3.65. The molecule has 2 aromatic rings. The van der Waals surface area contributed by atoms with E-state index in [1.807, 2.05) is 18.2 Å². The van der Waals surface area contributed by atoms with Gasteiger partial charge in [-0.05, 0) is 24.6 Å². The van der Waals surface area contributed by atoms with E-state index in [9.17, 15) is 0 Å². The van der Waals surface area contributed by atoms with Gasteiger partial charge in [0.05, 0.1) is 23.5 Å². The van der Waals surface area contributed by atoms with Crippen LogP contribution in [0.5, 0.6) is 0 Å². The summed E-state index contributed by atoms with van der Waals surface area (Å²) in [6.45, 7) is 2.99. The van der Waals surface area contributed by atoms with E-state index in [0.29, 0.717) is 11.4 Å². The average molecular weight is 234 g/mol. The molecule has 4 heteroatoms. The van der Waals surface area contributed by atoms with Crippen LogP contribution >= 0.6 is 11.6 Å². The van der Waals surface area contributed by atoms with E-state index in [1.54, 1.807) is 0 Å². The summed E-state index contributed by atoms with van der Waals surface area (Å²) in [5.74, 6) is 0.821. The predicted molar refractivity (Wildman–Crippen MR) is 64.4 cm³/mol. The molecule has 1 aromatic carbocycles. The molecule has 0 atom stereocenters. The first-order valence-electron chi connectivity index (χ1n) is 5.28. The van der Waals surface area contributed by atoms with Gasteiger partial charge >= 0.3 is 0 Å². The fraction of sp³-hybridized carbons (Fsp3) is 0.333. The van der Waals surface area contributed by atoms with Crippen LogP contribution in [0, 0.1) is 11.3 Å². The Labute approximate surface area is 99.3 Å². The van der Waals surface area contributed by atoms with Crippen molar-refractivity contribution in [3.8, 4) is 6.07 Å². The molecule has 0 N–H and O–H groups in total. The zero-order chi connectivity index (χ0) is 11.5. The van der Waals surface area contributed by atoms with Gasteiger partial charge in [-0.15, -0.1) is 0 Å². The minimum Gasteiger partial charge on any atom is -0.327 e. The Balaban J connectivity index is 2.61. The Morgan fingerprint density at radius 3 is 3.00 bits per heavy atom. The molecular formula is C12H12ClN3. The number of hydrogen-bond donors (Lipinski definition) is 0. The van der Waals surface area contributed by atoms with Crippen molar-refractivity contribution in [3.05, 3.63) is 29.0 Å². The van der Waals surface area contributed by atoms with Gasteiger partial charge in [0.2, 0.25) is 0 Å². The number of nitrogens with zero attached hydrogens (tertiary/aromatic N) is 3. The maximum Gasteiger partial charge on any atom is 0.124 e. The lowest BCUT2D eigenvalue weighted by Crippen LogP contribution is -2.02. The van der Waals surface area contributed by atoms with Crippen LogP contribution in [0.1, 0.15) is 19.2 Å². The molecule has 1 heterocycles. The van der Waals surface area contributed by atoms with Crippen molar-refractivity contribution >= 4 is 22.6 Å². The third-order valence-corrected chi connectivity index (χ3v) is 2.71. The first-order valence-corrected chi connectivity index (χ1v) is 5.65. The molecule has 0 aliphatic rings. The van der Waals surface area contributed by atoms with E-state index >= 15 is 0 Å². The van der Waals surface area contributed by atoms with Crippen molar-refractivity contribution in [2.24, 2.45) is 0 Å². The SMILES string of the molecule is CCCn1c(CC#N)nc2cc(Cl)ccc21. The molecule has 0 amide bonds. The highest BCUT2D eigenvalue weighted by atomic mass is 35.5. The first kappa shape index (κ1) is 11.0. The maximum atomic E-state index is 8.76. The Bertz CT molecular complexity index is 551. The first-order chi connectivity index (χ1) is 7.76. The highest BCUT2D eigenvalue weighted by molar-refractivity contribution is 6.31. The zero-order valence-corrected chi connectivity index (χ0v) is 9.83. The zero-order valence-electron chi connectivity index (χ0n) is 9.07. The molecule has 0 aliphatic carbocycles. The molecule has 1 aromatic heterocycles. The monoisotopic (exact) mass is 233 g/mol. The molecule has 0 spiro atoms. The highest BCUT2D eigenvalue weighted by Crippen LogP contribution is 2.21. The van der Waals surface area contributed by atoms with Gasteiger partial charge < -0.3 is 4.57 Å². The van der Waals surface area contributed by atoms with Crippen LogP contribution in [0.4, 0.5) is 0 Å². The van der Waals surface area contributed by atoms with Crippen molar-refractivity contribution < 1.29 is 0 Å². The minimum atomic E-state index is 0.340. The van der Waals surface area contributed by atoms with Crippen molar-refractivity contribution in [2.45, 2.75) is 26.3 Å². The number of halogens is 1. The van der Waals surface area contributed by atoms with Gasteiger partial charge in [-0.1, -0.05) is 18.5 Å². The smallest absolute Gasteiger partial charge is 0.124 e. The summed E-state index contributed by atoms with van der Waals surface area (Å²) in [5, 5.41) is 9.44. The van der Waals surface area contributed by atoms with E-state index in [2.05, 4.69) is 22.5 Å². The van der Waals surface area contributed by atoms with Crippen LogP contribution in [0.3, 0.4) is 0 Å². The molecular weight excluding hydrogens is 222 g/mol. The van der Waals surface area contributed by atoms with Crippen molar-refractivity contribution in [2.75, 3.05) is 0 Å². The summed E-state index contributed by atoms with van der Waals surface area (Å²) in [6.07, 6.45) is 1.36. The second-order valence-corrected chi connectivity index (χ2v) is 4.08. The van der Waals surface area contributed by atoms with Crippen LogP contribution in [0.15, 0.2) is 18.2 Å². The number of aromatic nitrogens is 2. The minimum absolute atomic E-state index is 0.340. The van der Waals surface area contributed by atoms with Crippen LogP contribution in [-0.2, 0) is 13.0 Å². The Morgan fingerprint density at radius 1 is 1.50 bits per heavy atom. The summed E-state index contributed by atoms with van der Waals surface area (Å²) < 4.78 is 2.09. The molecule has 0 saturated carbocycles. The van der Waals surface area contributed by atoms with Crippen LogP contribution in [-0.4, -0.2) is 9.55 Å². The van der Waals surface area contributed by atoms with E-state index in [0.717, 1.165) is 29.8 Å². The third kappa shape index (κ3) is 1.89. The summed E-state index contributed by atoms with van der Waals surface area (Å²) in [5.41, 5.74) is 1.92. The quantitative estimate of drug-likeness (QED) is 0.817. The van der Waals surface area contributed by atoms with Gasteiger partial charge in [-0.25, -0.2) is 4.98 Å². The maximum absolute atomic E-state index is 8.76. The molecule has 16 heavy (non-hydrogen) atoms. The summed E-state index contributed by atoms with van der Waals surface area (Å²) in [4.78, 5) is 4.44. The van der Waals surface area contributed by atoms with Gasteiger partial charge in [0.15, 0.2) is 0 Å². The van der Waals surface area contributed by atoms with E-state index in [4.69, 9.17) is 16.9 Å². The second kappa shape index (κ2) is 4.54. The third-order valence-electron chi connectivity index (χ3n) is 2.47. The Morgan fingerprint density at radius 2 is 2.31 bits per heavy atom. The van der Waals surface area contributed by atoms with E-state index < -0.39 is 0 Å². The molecule has 3 nitrogen and oxygen atoms in total. The predicted octanol–water partition coefficient (Wildman–Crippen LogP) is 3.17. The van der Waals surface area contributed by atoms with Crippen molar-refractivity contribution in [1.82, 2.24) is 9.55 Å². The molecule has 0 unspecified atom stereocenters. The number of hydrogen-bond acceptors (Lipinski definition) is 2. The molecule has 0 fully saturated rings. The summed E-state index contributed by atoms with van der Waals surface area (Å²) in [7, 11) is 0. The summed E-state index contributed by atoms with van der Waals surface area (Å²) >= 11 is 5.92. The number of imidazole rings is 1. The van der Waals surface area contributed by atoms with Gasteiger partial charge in [0.25, 0.3) is 0 Å². The number of rotatable bonds is 3. The normalized spacial score (nSPS) is 10.6. The van der Waals surface area contributed by atoms with Crippen LogP contribution in [0.2, 0.25) is 5.02 Å². The molecule has 2 rings (SSSR count). The molecule has 0 saturated heterocycles. The highest BCUT2D eigenvalue weighted by Gasteiger charge is 2.09. The molecule has 82 valence electrons. The largest absolute Gasteiger partial charge is 0.327 e.